The van der Waals surface area contributed by atoms with Crippen LogP contribution < -0.4 is 0 Å². The molecule has 0 aromatic carbocycles. The summed E-state index contributed by atoms with van der Waals surface area (Å²) >= 11 is 0. The smallest absolute Gasteiger partial charge is 0.410 e. The van der Waals surface area contributed by atoms with E-state index >= 15 is 0 Å². The average molecular weight is 242 g/mol. The van der Waals surface area contributed by atoms with E-state index in [0.29, 0.717) is 13.0 Å². The maximum absolute atomic E-state index is 11.8. The Morgan fingerprint density at radius 3 is 2.76 bits per heavy atom. The Kier molecular flexibility index (Phi) is 4.20. The molecular formula is C10H18N4O3. The molecule has 7 heteroatoms. The lowest BCUT2D eigenvalue weighted by molar-refractivity contribution is 0.0175. The van der Waals surface area contributed by atoms with E-state index in [9.17, 15) is 9.90 Å². The first-order valence-corrected chi connectivity index (χ1v) is 5.52. The summed E-state index contributed by atoms with van der Waals surface area (Å²) in [6.45, 7) is 5.47. The van der Waals surface area contributed by atoms with Crippen molar-refractivity contribution in [3.8, 4) is 0 Å². The van der Waals surface area contributed by atoms with Gasteiger partial charge in [-0.2, -0.15) is 0 Å². The van der Waals surface area contributed by atoms with Crippen LogP contribution in [0.4, 0.5) is 4.79 Å². The summed E-state index contributed by atoms with van der Waals surface area (Å²) in [5.74, 6) is 0. The second kappa shape index (κ2) is 5.25. The van der Waals surface area contributed by atoms with Gasteiger partial charge in [-0.1, -0.05) is 5.11 Å². The minimum absolute atomic E-state index is 0.156. The molecule has 1 saturated heterocycles. The van der Waals surface area contributed by atoms with E-state index < -0.39 is 11.7 Å². The average Bonchev–Trinajstić information content (AvgIpc) is 2.59. The molecule has 17 heavy (non-hydrogen) atoms. The van der Waals surface area contributed by atoms with E-state index in [-0.39, 0.29) is 18.7 Å². The lowest BCUT2D eigenvalue weighted by Gasteiger charge is -2.27. The lowest BCUT2D eigenvalue weighted by atomic mass is 10.2. The van der Waals surface area contributed by atoms with Gasteiger partial charge in [0.1, 0.15) is 5.60 Å². The van der Waals surface area contributed by atoms with Crippen LogP contribution in [0.3, 0.4) is 0 Å². The van der Waals surface area contributed by atoms with E-state index in [0.717, 1.165) is 0 Å². The predicted octanol–water partition coefficient (Wildman–Crippen LogP) is 1.67. The van der Waals surface area contributed by atoms with Gasteiger partial charge in [-0.15, -0.1) is 0 Å². The van der Waals surface area contributed by atoms with Crippen LogP contribution in [0, 0.1) is 0 Å². The molecule has 0 aromatic rings. The van der Waals surface area contributed by atoms with Crippen molar-refractivity contribution in [2.45, 2.75) is 44.9 Å². The molecule has 96 valence electrons. The highest BCUT2D eigenvalue weighted by atomic mass is 16.6. The lowest BCUT2D eigenvalue weighted by Crippen LogP contribution is -2.41. The van der Waals surface area contributed by atoms with Crippen molar-refractivity contribution in [2.24, 2.45) is 5.11 Å². The van der Waals surface area contributed by atoms with Gasteiger partial charge < -0.3 is 14.7 Å². The van der Waals surface area contributed by atoms with Crippen LogP contribution in [0.5, 0.6) is 0 Å². The number of carbonyl (C=O) groups excluding carboxylic acids is 1. The molecule has 1 fully saturated rings. The number of aliphatic hydroxyl groups excluding tert-OH is 1. The highest BCUT2D eigenvalue weighted by molar-refractivity contribution is 5.69. The van der Waals surface area contributed by atoms with E-state index in [1.54, 1.807) is 20.8 Å². The molecule has 1 heterocycles. The fraction of sp³-hybridized carbons (Fsp3) is 0.900. The Labute approximate surface area is 100.0 Å². The Balaban J connectivity index is 2.68. The van der Waals surface area contributed by atoms with Crippen molar-refractivity contribution in [1.29, 1.82) is 0 Å². The van der Waals surface area contributed by atoms with Gasteiger partial charge in [-0.05, 0) is 32.7 Å². The van der Waals surface area contributed by atoms with Gasteiger partial charge in [0, 0.05) is 11.5 Å². The Hall–Kier alpha value is -1.46. The topological polar surface area (TPSA) is 98.5 Å². The first kappa shape index (κ1) is 13.6. The summed E-state index contributed by atoms with van der Waals surface area (Å²) in [7, 11) is 0. The molecule has 0 bridgehead atoms. The van der Waals surface area contributed by atoms with Gasteiger partial charge >= 0.3 is 6.09 Å². The molecule has 2 atom stereocenters. The van der Waals surface area contributed by atoms with Crippen molar-refractivity contribution in [3.05, 3.63) is 10.4 Å². The van der Waals surface area contributed by atoms with Crippen LogP contribution in [0.15, 0.2) is 5.11 Å². The first-order chi connectivity index (χ1) is 7.87. The van der Waals surface area contributed by atoms with Crippen molar-refractivity contribution >= 4 is 6.09 Å². The fourth-order valence-corrected chi connectivity index (χ4v) is 1.77. The normalized spacial score (nSPS) is 24.4. The molecule has 7 nitrogen and oxygen atoms in total. The number of hydrogen-bond acceptors (Lipinski definition) is 4. The minimum atomic E-state index is -0.576. The molecule has 0 aromatic heterocycles. The Morgan fingerprint density at radius 2 is 2.29 bits per heavy atom. The molecule has 1 rings (SSSR count). The van der Waals surface area contributed by atoms with Crippen LogP contribution in [0.25, 0.3) is 10.4 Å². The standard InChI is InChI=1S/C10H18N4O3/c1-10(2,3)17-9(16)14-5-7(12-13-11)4-8(14)6-15/h7-8,15H,4-6H2,1-3H3/t7?,8-/m0/s1. The monoisotopic (exact) mass is 242 g/mol. The van der Waals surface area contributed by atoms with Gasteiger partial charge in [-0.25, -0.2) is 4.79 Å². The summed E-state index contributed by atoms with van der Waals surface area (Å²) < 4.78 is 5.22. The van der Waals surface area contributed by atoms with E-state index in [1.165, 1.54) is 4.90 Å². The molecule has 0 radical (unpaired) electrons. The summed E-state index contributed by atoms with van der Waals surface area (Å²) in [5, 5.41) is 12.8. The quantitative estimate of drug-likeness (QED) is 0.453. The van der Waals surface area contributed by atoms with Gasteiger partial charge in [0.05, 0.1) is 18.7 Å². The molecule has 0 spiro atoms. The van der Waals surface area contributed by atoms with Crippen molar-refractivity contribution in [2.75, 3.05) is 13.2 Å². The number of carbonyl (C=O) groups is 1. The zero-order valence-corrected chi connectivity index (χ0v) is 10.3. The second-order valence-electron chi connectivity index (χ2n) is 5.06. The highest BCUT2D eigenvalue weighted by Crippen LogP contribution is 2.22. The molecule has 0 saturated carbocycles. The Bertz CT molecular complexity index is 333. The van der Waals surface area contributed by atoms with Crippen molar-refractivity contribution in [1.82, 2.24) is 4.90 Å². The second-order valence-corrected chi connectivity index (χ2v) is 5.06. The molecule has 1 amide bonds. The van der Waals surface area contributed by atoms with Crippen molar-refractivity contribution < 1.29 is 14.6 Å². The molecule has 1 N–H and O–H groups in total. The van der Waals surface area contributed by atoms with E-state index in [2.05, 4.69) is 10.0 Å². The third-order valence-electron chi connectivity index (χ3n) is 2.45. The van der Waals surface area contributed by atoms with Gasteiger partial charge in [0.15, 0.2) is 0 Å². The summed E-state index contributed by atoms with van der Waals surface area (Å²) in [4.78, 5) is 16.0. The first-order valence-electron chi connectivity index (χ1n) is 5.52. The molecule has 1 aliphatic heterocycles. The van der Waals surface area contributed by atoms with Crippen LogP contribution in [0.1, 0.15) is 27.2 Å². The number of aliphatic hydroxyl groups is 1. The third-order valence-corrected chi connectivity index (χ3v) is 2.45. The third kappa shape index (κ3) is 3.80. The molecule has 1 aliphatic rings. The molecule has 1 unspecified atom stereocenters. The number of azide groups is 1. The maximum Gasteiger partial charge on any atom is 0.410 e. The fourth-order valence-electron chi connectivity index (χ4n) is 1.77. The summed E-state index contributed by atoms with van der Waals surface area (Å²) in [5.41, 5.74) is 7.78. The summed E-state index contributed by atoms with van der Waals surface area (Å²) in [6.07, 6.45) is -0.00743. The predicted molar refractivity (Wildman–Crippen MR) is 61.4 cm³/mol. The van der Waals surface area contributed by atoms with Crippen LogP contribution in [0.2, 0.25) is 0 Å². The van der Waals surface area contributed by atoms with Gasteiger partial charge in [-0.3, -0.25) is 0 Å². The SMILES string of the molecule is CC(C)(C)OC(=O)N1CC(N=[N+]=[N-])C[C@H]1CO. The maximum atomic E-state index is 11.8. The van der Waals surface area contributed by atoms with Crippen molar-refractivity contribution in [3.63, 3.8) is 0 Å². The molecular weight excluding hydrogens is 224 g/mol. The van der Waals surface area contributed by atoms with Gasteiger partial charge in [0.25, 0.3) is 0 Å². The number of rotatable bonds is 2. The number of amides is 1. The highest BCUT2D eigenvalue weighted by Gasteiger charge is 2.36. The largest absolute Gasteiger partial charge is 0.444 e. The zero-order chi connectivity index (χ0) is 13.1. The van der Waals surface area contributed by atoms with Crippen LogP contribution in [-0.4, -0.2) is 46.9 Å². The van der Waals surface area contributed by atoms with Crippen LogP contribution in [-0.2, 0) is 4.74 Å². The number of nitrogens with zero attached hydrogens (tertiary/aromatic N) is 4. The minimum Gasteiger partial charge on any atom is -0.444 e. The van der Waals surface area contributed by atoms with Gasteiger partial charge in [0.2, 0.25) is 0 Å². The number of hydrogen-bond donors (Lipinski definition) is 1. The van der Waals surface area contributed by atoms with Crippen LogP contribution >= 0.6 is 0 Å². The number of ether oxygens (including phenoxy) is 1. The number of likely N-dealkylation sites (tertiary alicyclic amines) is 1. The zero-order valence-electron chi connectivity index (χ0n) is 10.3. The van der Waals surface area contributed by atoms with E-state index in [1.807, 2.05) is 0 Å². The molecule has 0 aliphatic carbocycles. The Morgan fingerprint density at radius 1 is 1.65 bits per heavy atom. The van der Waals surface area contributed by atoms with E-state index in [4.69, 9.17) is 10.3 Å². The summed E-state index contributed by atoms with van der Waals surface area (Å²) in [6, 6.07) is -0.620.